The summed E-state index contributed by atoms with van der Waals surface area (Å²) in [6.45, 7) is 0.530. The van der Waals surface area contributed by atoms with Crippen molar-refractivity contribution in [3.8, 4) is 0 Å². The Morgan fingerprint density at radius 3 is 2.53 bits per heavy atom. The lowest BCUT2D eigenvalue weighted by Crippen LogP contribution is -2.33. The Morgan fingerprint density at radius 1 is 1.37 bits per heavy atom. The van der Waals surface area contributed by atoms with E-state index in [0.29, 0.717) is 24.1 Å². The van der Waals surface area contributed by atoms with Gasteiger partial charge in [0, 0.05) is 25.7 Å². The van der Waals surface area contributed by atoms with Crippen molar-refractivity contribution in [1.82, 2.24) is 10.2 Å². The van der Waals surface area contributed by atoms with Crippen LogP contribution in [0.3, 0.4) is 0 Å². The predicted octanol–water partition coefficient (Wildman–Crippen LogP) is 0.955. The molecule has 0 saturated heterocycles. The van der Waals surface area contributed by atoms with E-state index in [1.165, 1.54) is 12.8 Å². The molecule has 1 aliphatic carbocycles. The van der Waals surface area contributed by atoms with Crippen molar-refractivity contribution in [1.29, 1.82) is 0 Å². The van der Waals surface area contributed by atoms with Crippen LogP contribution in [-0.2, 0) is 6.54 Å². The molecule has 102 valence electrons. The highest BCUT2D eigenvalue weighted by atomic mass is 16.2. The van der Waals surface area contributed by atoms with Crippen LogP contribution in [-0.4, -0.2) is 36.9 Å². The number of guanidine groups is 1. The van der Waals surface area contributed by atoms with Gasteiger partial charge in [0.25, 0.3) is 5.91 Å². The fourth-order valence-corrected chi connectivity index (χ4v) is 1.67. The van der Waals surface area contributed by atoms with Gasteiger partial charge in [0.15, 0.2) is 5.96 Å². The van der Waals surface area contributed by atoms with Gasteiger partial charge >= 0.3 is 0 Å². The van der Waals surface area contributed by atoms with Crippen LogP contribution in [0.4, 0.5) is 0 Å². The average molecular weight is 260 g/mol. The number of amides is 1. The van der Waals surface area contributed by atoms with Gasteiger partial charge in [0.05, 0.1) is 6.54 Å². The lowest BCUT2D eigenvalue weighted by molar-refractivity contribution is 0.0827. The van der Waals surface area contributed by atoms with Crippen molar-refractivity contribution < 1.29 is 4.79 Å². The predicted molar refractivity (Wildman–Crippen MR) is 75.9 cm³/mol. The second-order valence-electron chi connectivity index (χ2n) is 5.02. The first kappa shape index (κ1) is 13.4. The quantitative estimate of drug-likeness (QED) is 0.625. The molecule has 0 aliphatic heterocycles. The van der Waals surface area contributed by atoms with Gasteiger partial charge < -0.3 is 16.0 Å². The minimum Gasteiger partial charge on any atom is -0.370 e. The van der Waals surface area contributed by atoms with Gasteiger partial charge in [-0.15, -0.1) is 0 Å². The number of nitrogens with zero attached hydrogens (tertiary/aromatic N) is 2. The molecule has 0 aromatic heterocycles. The SMILES string of the molecule is CN(C)C(=O)c1ccc(CN=C(N)NC2CC2)cc1. The lowest BCUT2D eigenvalue weighted by Gasteiger charge is -2.10. The number of benzene rings is 1. The Hall–Kier alpha value is -2.04. The Morgan fingerprint density at radius 2 is 2.00 bits per heavy atom. The maximum absolute atomic E-state index is 11.7. The van der Waals surface area contributed by atoms with E-state index in [4.69, 9.17) is 5.73 Å². The van der Waals surface area contributed by atoms with Crippen molar-refractivity contribution >= 4 is 11.9 Å². The van der Waals surface area contributed by atoms with Gasteiger partial charge in [-0.05, 0) is 30.5 Å². The van der Waals surface area contributed by atoms with Crippen molar-refractivity contribution in [2.45, 2.75) is 25.4 Å². The van der Waals surface area contributed by atoms with Crippen molar-refractivity contribution in [3.05, 3.63) is 35.4 Å². The van der Waals surface area contributed by atoms with E-state index in [-0.39, 0.29) is 5.91 Å². The van der Waals surface area contributed by atoms with Crippen LogP contribution in [0.2, 0.25) is 0 Å². The summed E-state index contributed by atoms with van der Waals surface area (Å²) in [5, 5.41) is 3.14. The minimum absolute atomic E-state index is 0.00460. The number of nitrogens with one attached hydrogen (secondary N) is 1. The van der Waals surface area contributed by atoms with Crippen LogP contribution in [0.1, 0.15) is 28.8 Å². The molecule has 1 saturated carbocycles. The molecular weight excluding hydrogens is 240 g/mol. The third-order valence-electron chi connectivity index (χ3n) is 2.97. The first-order valence-corrected chi connectivity index (χ1v) is 6.43. The summed E-state index contributed by atoms with van der Waals surface area (Å²) in [7, 11) is 3.48. The summed E-state index contributed by atoms with van der Waals surface area (Å²) in [6, 6.07) is 7.97. The van der Waals surface area contributed by atoms with E-state index in [2.05, 4.69) is 10.3 Å². The lowest BCUT2D eigenvalue weighted by atomic mass is 10.1. The number of nitrogens with two attached hydrogens (primary N) is 1. The topological polar surface area (TPSA) is 70.7 Å². The zero-order valence-corrected chi connectivity index (χ0v) is 11.4. The maximum atomic E-state index is 11.7. The molecule has 0 atom stereocenters. The van der Waals surface area contributed by atoms with E-state index in [0.717, 1.165) is 5.56 Å². The molecule has 3 N–H and O–H groups in total. The Kier molecular flexibility index (Phi) is 4.04. The summed E-state index contributed by atoms with van der Waals surface area (Å²) >= 11 is 0. The van der Waals surface area contributed by atoms with Crippen LogP contribution >= 0.6 is 0 Å². The Balaban J connectivity index is 1.92. The first-order valence-electron chi connectivity index (χ1n) is 6.43. The standard InChI is InChI=1S/C14H20N4O/c1-18(2)13(19)11-5-3-10(4-6-11)9-16-14(15)17-12-7-8-12/h3-6,12H,7-9H2,1-2H3,(H3,15,16,17). The molecule has 5 nitrogen and oxygen atoms in total. The third kappa shape index (κ3) is 3.98. The smallest absolute Gasteiger partial charge is 0.253 e. The third-order valence-corrected chi connectivity index (χ3v) is 2.97. The van der Waals surface area contributed by atoms with Gasteiger partial charge in [0.1, 0.15) is 0 Å². The number of rotatable bonds is 4. The molecule has 0 heterocycles. The van der Waals surface area contributed by atoms with Crippen LogP contribution < -0.4 is 11.1 Å². The molecule has 1 aliphatic rings. The molecule has 19 heavy (non-hydrogen) atoms. The molecule has 1 aromatic rings. The normalized spacial score (nSPS) is 15.2. The van der Waals surface area contributed by atoms with Crippen LogP contribution in [0.15, 0.2) is 29.3 Å². The van der Waals surface area contributed by atoms with Gasteiger partial charge in [0.2, 0.25) is 0 Å². The number of hydrogen-bond donors (Lipinski definition) is 2. The Bertz CT molecular complexity index is 475. The highest BCUT2D eigenvalue weighted by molar-refractivity contribution is 5.93. The second kappa shape index (κ2) is 5.73. The zero-order valence-electron chi connectivity index (χ0n) is 11.4. The van der Waals surface area contributed by atoms with Crippen molar-refractivity contribution in [2.75, 3.05) is 14.1 Å². The summed E-state index contributed by atoms with van der Waals surface area (Å²) in [5.41, 5.74) is 7.48. The summed E-state index contributed by atoms with van der Waals surface area (Å²) in [5.74, 6) is 0.501. The summed E-state index contributed by atoms with van der Waals surface area (Å²) in [6.07, 6.45) is 2.36. The van der Waals surface area contributed by atoms with Gasteiger partial charge in [-0.1, -0.05) is 12.1 Å². The molecule has 1 aromatic carbocycles. The zero-order chi connectivity index (χ0) is 13.8. The van der Waals surface area contributed by atoms with E-state index < -0.39 is 0 Å². The van der Waals surface area contributed by atoms with Crippen LogP contribution in [0, 0.1) is 0 Å². The molecule has 5 heteroatoms. The van der Waals surface area contributed by atoms with Gasteiger partial charge in [-0.3, -0.25) is 4.79 Å². The summed E-state index contributed by atoms with van der Waals surface area (Å²) < 4.78 is 0. The molecule has 0 unspecified atom stereocenters. The van der Waals surface area contributed by atoms with Gasteiger partial charge in [-0.2, -0.15) is 0 Å². The van der Waals surface area contributed by atoms with Crippen molar-refractivity contribution in [3.63, 3.8) is 0 Å². The number of carbonyl (C=O) groups is 1. The first-order chi connectivity index (χ1) is 9.06. The van der Waals surface area contributed by atoms with E-state index >= 15 is 0 Å². The number of carbonyl (C=O) groups excluding carboxylic acids is 1. The monoisotopic (exact) mass is 260 g/mol. The Labute approximate surface area is 113 Å². The molecule has 0 spiro atoms. The second-order valence-corrected chi connectivity index (χ2v) is 5.02. The molecular formula is C14H20N4O. The summed E-state index contributed by atoms with van der Waals surface area (Å²) in [4.78, 5) is 17.6. The van der Waals surface area contributed by atoms with Gasteiger partial charge in [-0.25, -0.2) is 4.99 Å². The van der Waals surface area contributed by atoms with E-state index in [1.54, 1.807) is 19.0 Å². The van der Waals surface area contributed by atoms with E-state index in [1.807, 2.05) is 24.3 Å². The molecule has 0 radical (unpaired) electrons. The van der Waals surface area contributed by atoms with E-state index in [9.17, 15) is 4.79 Å². The largest absolute Gasteiger partial charge is 0.370 e. The highest BCUT2D eigenvalue weighted by Crippen LogP contribution is 2.18. The van der Waals surface area contributed by atoms with Crippen molar-refractivity contribution in [2.24, 2.45) is 10.7 Å². The van der Waals surface area contributed by atoms with Crippen LogP contribution in [0.25, 0.3) is 0 Å². The molecule has 1 fully saturated rings. The molecule has 0 bridgehead atoms. The fraction of sp³-hybridized carbons (Fsp3) is 0.429. The van der Waals surface area contributed by atoms with Crippen LogP contribution in [0.5, 0.6) is 0 Å². The number of aliphatic imine (C=N–C) groups is 1. The number of hydrogen-bond acceptors (Lipinski definition) is 2. The molecule has 1 amide bonds. The maximum Gasteiger partial charge on any atom is 0.253 e. The highest BCUT2D eigenvalue weighted by Gasteiger charge is 2.21. The molecule has 2 rings (SSSR count). The average Bonchev–Trinajstić information content (AvgIpc) is 3.20. The minimum atomic E-state index is 0.00460. The fourth-order valence-electron chi connectivity index (χ4n) is 1.67.